The van der Waals surface area contributed by atoms with Gasteiger partial charge >= 0.3 is 0 Å². The summed E-state index contributed by atoms with van der Waals surface area (Å²) < 4.78 is 5.54. The van der Waals surface area contributed by atoms with E-state index in [1.54, 1.807) is 0 Å². The summed E-state index contributed by atoms with van der Waals surface area (Å²) in [5.74, 6) is 0. The molecular weight excluding hydrogens is 258 g/mol. The fourth-order valence-electron chi connectivity index (χ4n) is 2.39. The molecule has 0 radical (unpaired) electrons. The highest BCUT2D eigenvalue weighted by molar-refractivity contribution is 5.31. The summed E-state index contributed by atoms with van der Waals surface area (Å²) in [6, 6.07) is 21.5. The molecule has 1 N–H and O–H groups in total. The predicted octanol–water partition coefficient (Wildman–Crippen LogP) is 4.18. The second-order valence-corrected chi connectivity index (χ2v) is 5.17. The highest BCUT2D eigenvalue weighted by Crippen LogP contribution is 2.21. The van der Waals surface area contributed by atoms with Crippen molar-refractivity contribution in [3.63, 3.8) is 0 Å². The van der Waals surface area contributed by atoms with E-state index in [0.29, 0.717) is 0 Å². The Balaban J connectivity index is 1.94. The minimum atomic E-state index is 0.249. The van der Waals surface area contributed by atoms with Crippen LogP contribution in [-0.2, 0) is 4.74 Å². The highest BCUT2D eigenvalue weighted by atomic mass is 16.5. The summed E-state index contributed by atoms with van der Waals surface area (Å²) in [6.45, 7) is 4.79. The van der Waals surface area contributed by atoms with E-state index in [0.717, 1.165) is 32.6 Å². The van der Waals surface area contributed by atoms with Gasteiger partial charge in [-0.15, -0.1) is 0 Å². The van der Waals surface area contributed by atoms with Crippen molar-refractivity contribution in [1.29, 1.82) is 0 Å². The standard InChI is InChI=1S/C19H25NO/c1-2-15-21-16-9-14-20-19(17-10-5-3-6-11-17)18-12-7-4-8-13-18/h3-8,10-13,19-20H,2,9,14-16H2,1H3. The maximum atomic E-state index is 5.54. The van der Waals surface area contributed by atoms with Gasteiger partial charge in [-0.1, -0.05) is 67.6 Å². The number of hydrogen-bond acceptors (Lipinski definition) is 2. The Morgan fingerprint density at radius 1 is 0.857 bits per heavy atom. The van der Waals surface area contributed by atoms with Gasteiger partial charge in [-0.3, -0.25) is 0 Å². The Bertz CT molecular complexity index is 444. The van der Waals surface area contributed by atoms with E-state index in [2.05, 4.69) is 72.9 Å². The Hall–Kier alpha value is -1.64. The maximum Gasteiger partial charge on any atom is 0.0576 e. The molecule has 0 amide bonds. The normalized spacial score (nSPS) is 11.0. The molecule has 0 saturated heterocycles. The molecule has 21 heavy (non-hydrogen) atoms. The second-order valence-electron chi connectivity index (χ2n) is 5.17. The van der Waals surface area contributed by atoms with Crippen molar-refractivity contribution < 1.29 is 4.74 Å². The van der Waals surface area contributed by atoms with E-state index in [1.807, 2.05) is 0 Å². The molecule has 112 valence electrons. The van der Waals surface area contributed by atoms with E-state index >= 15 is 0 Å². The van der Waals surface area contributed by atoms with Crippen LogP contribution in [0, 0.1) is 0 Å². The molecule has 2 aromatic rings. The lowest BCUT2D eigenvalue weighted by molar-refractivity contribution is 0.132. The number of ether oxygens (including phenoxy) is 1. The third kappa shape index (κ3) is 5.33. The molecule has 0 heterocycles. The molecule has 0 unspecified atom stereocenters. The molecule has 2 nitrogen and oxygen atoms in total. The van der Waals surface area contributed by atoms with E-state index in [4.69, 9.17) is 4.74 Å². The summed E-state index contributed by atoms with van der Waals surface area (Å²) in [5.41, 5.74) is 2.61. The first-order valence-electron chi connectivity index (χ1n) is 7.83. The average molecular weight is 283 g/mol. The third-order valence-electron chi connectivity index (χ3n) is 3.43. The van der Waals surface area contributed by atoms with Crippen molar-refractivity contribution in [2.75, 3.05) is 19.8 Å². The molecule has 2 heteroatoms. The van der Waals surface area contributed by atoms with Gasteiger partial charge in [0, 0.05) is 13.2 Å². The van der Waals surface area contributed by atoms with Crippen LogP contribution in [0.5, 0.6) is 0 Å². The minimum Gasteiger partial charge on any atom is -0.381 e. The number of benzene rings is 2. The number of rotatable bonds is 9. The highest BCUT2D eigenvalue weighted by Gasteiger charge is 2.12. The Labute approximate surface area is 128 Å². The Morgan fingerprint density at radius 3 is 1.95 bits per heavy atom. The molecule has 0 fully saturated rings. The summed E-state index contributed by atoms with van der Waals surface area (Å²) in [6.07, 6.45) is 2.13. The van der Waals surface area contributed by atoms with Gasteiger partial charge in [-0.05, 0) is 30.5 Å². The molecule has 2 aromatic carbocycles. The van der Waals surface area contributed by atoms with Crippen LogP contribution < -0.4 is 5.32 Å². The Kier molecular flexibility index (Phi) is 6.99. The zero-order valence-electron chi connectivity index (χ0n) is 12.8. The van der Waals surface area contributed by atoms with E-state index in [1.165, 1.54) is 11.1 Å². The van der Waals surface area contributed by atoms with Crippen LogP contribution in [0.15, 0.2) is 60.7 Å². The first-order chi connectivity index (χ1) is 10.4. The van der Waals surface area contributed by atoms with E-state index in [9.17, 15) is 0 Å². The monoisotopic (exact) mass is 283 g/mol. The van der Waals surface area contributed by atoms with Gasteiger partial charge in [-0.25, -0.2) is 0 Å². The molecule has 0 atom stereocenters. The lowest BCUT2D eigenvalue weighted by Gasteiger charge is -2.20. The summed E-state index contributed by atoms with van der Waals surface area (Å²) >= 11 is 0. The summed E-state index contributed by atoms with van der Waals surface area (Å²) in [7, 11) is 0. The lowest BCUT2D eigenvalue weighted by Crippen LogP contribution is -2.24. The van der Waals surface area contributed by atoms with Crippen LogP contribution in [0.2, 0.25) is 0 Å². The molecule has 2 rings (SSSR count). The molecule has 0 spiro atoms. The average Bonchev–Trinajstić information content (AvgIpc) is 2.56. The molecule has 0 bridgehead atoms. The smallest absolute Gasteiger partial charge is 0.0576 e. The topological polar surface area (TPSA) is 21.3 Å². The van der Waals surface area contributed by atoms with Gasteiger partial charge in [0.25, 0.3) is 0 Å². The van der Waals surface area contributed by atoms with Crippen LogP contribution in [0.4, 0.5) is 0 Å². The van der Waals surface area contributed by atoms with Crippen LogP contribution >= 0.6 is 0 Å². The third-order valence-corrected chi connectivity index (χ3v) is 3.43. The number of nitrogens with one attached hydrogen (secondary N) is 1. The van der Waals surface area contributed by atoms with Gasteiger partial charge in [0.1, 0.15) is 0 Å². The van der Waals surface area contributed by atoms with Gasteiger partial charge < -0.3 is 10.1 Å². The van der Waals surface area contributed by atoms with Gasteiger partial charge in [-0.2, -0.15) is 0 Å². The van der Waals surface area contributed by atoms with Crippen LogP contribution in [0.1, 0.15) is 36.9 Å². The van der Waals surface area contributed by atoms with Crippen molar-refractivity contribution in [2.24, 2.45) is 0 Å². The fourth-order valence-corrected chi connectivity index (χ4v) is 2.39. The molecular formula is C19H25NO. The largest absolute Gasteiger partial charge is 0.381 e. The zero-order chi connectivity index (χ0) is 14.8. The van der Waals surface area contributed by atoms with Crippen LogP contribution in [0.3, 0.4) is 0 Å². The maximum absolute atomic E-state index is 5.54. The summed E-state index contributed by atoms with van der Waals surface area (Å²) in [4.78, 5) is 0. The van der Waals surface area contributed by atoms with Gasteiger partial charge in [0.05, 0.1) is 6.04 Å². The molecule has 0 aliphatic rings. The lowest BCUT2D eigenvalue weighted by atomic mass is 9.99. The zero-order valence-corrected chi connectivity index (χ0v) is 12.8. The number of hydrogen-bond donors (Lipinski definition) is 1. The van der Waals surface area contributed by atoms with E-state index in [-0.39, 0.29) is 6.04 Å². The van der Waals surface area contributed by atoms with E-state index < -0.39 is 0 Å². The SMILES string of the molecule is CCCOCCCNC(c1ccccc1)c1ccccc1. The molecule has 0 saturated carbocycles. The van der Waals surface area contributed by atoms with Crippen molar-refractivity contribution in [2.45, 2.75) is 25.8 Å². The molecule has 0 aromatic heterocycles. The minimum absolute atomic E-state index is 0.249. The van der Waals surface area contributed by atoms with Crippen molar-refractivity contribution in [1.82, 2.24) is 5.32 Å². The van der Waals surface area contributed by atoms with Gasteiger partial charge in [0.15, 0.2) is 0 Å². The predicted molar refractivity (Wildman–Crippen MR) is 88.5 cm³/mol. The second kappa shape index (κ2) is 9.32. The quantitative estimate of drug-likeness (QED) is 0.697. The first kappa shape index (κ1) is 15.7. The van der Waals surface area contributed by atoms with Gasteiger partial charge in [0.2, 0.25) is 0 Å². The summed E-state index contributed by atoms with van der Waals surface area (Å²) in [5, 5.41) is 3.65. The molecule has 0 aliphatic carbocycles. The van der Waals surface area contributed by atoms with Crippen LogP contribution in [-0.4, -0.2) is 19.8 Å². The first-order valence-corrected chi connectivity index (χ1v) is 7.83. The van der Waals surface area contributed by atoms with Crippen molar-refractivity contribution in [3.8, 4) is 0 Å². The van der Waals surface area contributed by atoms with Crippen LogP contribution in [0.25, 0.3) is 0 Å². The van der Waals surface area contributed by atoms with Crippen molar-refractivity contribution >= 4 is 0 Å². The fraction of sp³-hybridized carbons (Fsp3) is 0.368. The Morgan fingerprint density at radius 2 is 1.43 bits per heavy atom. The molecule has 0 aliphatic heterocycles. The van der Waals surface area contributed by atoms with Crippen molar-refractivity contribution in [3.05, 3.63) is 71.8 Å².